The van der Waals surface area contributed by atoms with Crippen LogP contribution >= 0.6 is 0 Å². The average molecular weight is 307 g/mol. The molecule has 2 aliphatic rings. The van der Waals surface area contributed by atoms with Crippen LogP contribution in [0.3, 0.4) is 0 Å². The van der Waals surface area contributed by atoms with Crippen LogP contribution in [0.25, 0.3) is 0 Å². The normalized spacial score (nSPS) is 24.5. The summed E-state index contributed by atoms with van der Waals surface area (Å²) >= 11 is 0. The van der Waals surface area contributed by atoms with Crippen molar-refractivity contribution in [3.05, 3.63) is 11.6 Å². The summed E-state index contributed by atoms with van der Waals surface area (Å²) in [6, 6.07) is 0.636. The van der Waals surface area contributed by atoms with Crippen LogP contribution in [0.2, 0.25) is 0 Å². The van der Waals surface area contributed by atoms with Crippen LogP contribution in [0, 0.1) is 12.8 Å². The Balaban J connectivity index is 1.48. The maximum atomic E-state index is 5.46. The molecule has 2 fully saturated rings. The van der Waals surface area contributed by atoms with Crippen molar-refractivity contribution < 1.29 is 4.74 Å². The lowest BCUT2D eigenvalue weighted by Gasteiger charge is -2.28. The maximum absolute atomic E-state index is 5.46. The topological polar surface area (TPSA) is 46.4 Å². The number of nitrogens with zero attached hydrogens (tertiary/aromatic N) is 5. The van der Waals surface area contributed by atoms with Gasteiger partial charge in [0.25, 0.3) is 0 Å². The van der Waals surface area contributed by atoms with Crippen LogP contribution in [0.15, 0.2) is 0 Å². The predicted octanol–water partition coefficient (Wildman–Crippen LogP) is 1.06. The molecule has 0 spiro atoms. The van der Waals surface area contributed by atoms with Crippen molar-refractivity contribution in [2.75, 3.05) is 39.9 Å². The third-order valence-electron chi connectivity index (χ3n) is 5.30. The number of aromatic nitrogens is 3. The molecule has 1 atom stereocenters. The molecule has 1 aromatic heterocycles. The van der Waals surface area contributed by atoms with Crippen molar-refractivity contribution >= 4 is 0 Å². The van der Waals surface area contributed by atoms with Crippen LogP contribution in [-0.4, -0.2) is 70.5 Å². The lowest BCUT2D eigenvalue weighted by Crippen LogP contribution is -2.36. The van der Waals surface area contributed by atoms with Gasteiger partial charge in [0.1, 0.15) is 11.6 Å². The smallest absolute Gasteiger partial charge is 0.146 e. The van der Waals surface area contributed by atoms with Gasteiger partial charge < -0.3 is 14.2 Å². The Morgan fingerprint density at radius 1 is 1.23 bits per heavy atom. The Labute approximate surface area is 133 Å². The average Bonchev–Trinajstić information content (AvgIpc) is 3.10. The minimum Gasteiger partial charge on any atom is -0.381 e. The molecule has 0 N–H and O–H groups in total. The molecule has 6 nitrogen and oxygen atoms in total. The third-order valence-corrected chi connectivity index (χ3v) is 5.30. The van der Waals surface area contributed by atoms with Gasteiger partial charge in [0.2, 0.25) is 0 Å². The largest absolute Gasteiger partial charge is 0.381 e. The fourth-order valence-corrected chi connectivity index (χ4v) is 3.57. The Kier molecular flexibility index (Phi) is 5.10. The Hall–Kier alpha value is -0.980. The molecule has 2 aliphatic heterocycles. The van der Waals surface area contributed by atoms with Crippen molar-refractivity contribution in [2.24, 2.45) is 13.0 Å². The van der Waals surface area contributed by atoms with E-state index in [1.54, 1.807) is 0 Å². The SMILES string of the molecule is Cc1nnc(CN(C)[C@@H]2CCN(CC3CCOCC3)C2)n1C. The van der Waals surface area contributed by atoms with Gasteiger partial charge in [-0.1, -0.05) is 0 Å². The number of likely N-dealkylation sites (N-methyl/N-ethyl adjacent to an activating group) is 1. The molecule has 124 valence electrons. The molecular weight excluding hydrogens is 278 g/mol. The number of aryl methyl sites for hydroxylation is 1. The first kappa shape index (κ1) is 15.9. The Morgan fingerprint density at radius 2 is 2.00 bits per heavy atom. The van der Waals surface area contributed by atoms with E-state index in [1.807, 2.05) is 14.0 Å². The van der Waals surface area contributed by atoms with Crippen LogP contribution in [0.4, 0.5) is 0 Å². The molecule has 0 bridgehead atoms. The first-order valence-electron chi connectivity index (χ1n) is 8.48. The number of ether oxygens (including phenoxy) is 1. The summed E-state index contributed by atoms with van der Waals surface area (Å²) in [5.74, 6) is 2.87. The lowest BCUT2D eigenvalue weighted by atomic mass is 10.00. The highest BCUT2D eigenvalue weighted by atomic mass is 16.5. The summed E-state index contributed by atoms with van der Waals surface area (Å²) in [7, 11) is 4.26. The number of likely N-dealkylation sites (tertiary alicyclic amines) is 1. The van der Waals surface area contributed by atoms with Gasteiger partial charge in [0.05, 0.1) is 6.54 Å². The molecule has 6 heteroatoms. The summed E-state index contributed by atoms with van der Waals surface area (Å²) in [5.41, 5.74) is 0. The van der Waals surface area contributed by atoms with Crippen LogP contribution < -0.4 is 0 Å². The zero-order valence-corrected chi connectivity index (χ0v) is 14.2. The fraction of sp³-hybridized carbons (Fsp3) is 0.875. The van der Waals surface area contributed by atoms with E-state index in [9.17, 15) is 0 Å². The molecule has 22 heavy (non-hydrogen) atoms. The highest BCUT2D eigenvalue weighted by Crippen LogP contribution is 2.21. The molecule has 0 amide bonds. The summed E-state index contributed by atoms with van der Waals surface area (Å²) < 4.78 is 7.55. The first-order chi connectivity index (χ1) is 10.6. The van der Waals surface area contributed by atoms with E-state index in [2.05, 4.69) is 31.6 Å². The first-order valence-corrected chi connectivity index (χ1v) is 8.48. The maximum Gasteiger partial charge on any atom is 0.146 e. The van der Waals surface area contributed by atoms with Crippen molar-refractivity contribution in [1.82, 2.24) is 24.6 Å². The second-order valence-electron chi connectivity index (χ2n) is 6.90. The van der Waals surface area contributed by atoms with E-state index in [-0.39, 0.29) is 0 Å². The van der Waals surface area contributed by atoms with Crippen molar-refractivity contribution in [1.29, 1.82) is 0 Å². The molecule has 3 rings (SSSR count). The summed E-state index contributed by atoms with van der Waals surface area (Å²) in [4.78, 5) is 5.08. The number of hydrogen-bond acceptors (Lipinski definition) is 5. The molecule has 0 aromatic carbocycles. The van der Waals surface area contributed by atoms with Crippen LogP contribution in [0.5, 0.6) is 0 Å². The summed E-state index contributed by atoms with van der Waals surface area (Å²) in [6.45, 7) is 8.45. The van der Waals surface area contributed by atoms with Crippen LogP contribution in [0.1, 0.15) is 30.9 Å². The van der Waals surface area contributed by atoms with Gasteiger partial charge in [-0.05, 0) is 45.7 Å². The van der Waals surface area contributed by atoms with Gasteiger partial charge in [-0.25, -0.2) is 0 Å². The lowest BCUT2D eigenvalue weighted by molar-refractivity contribution is 0.0545. The van der Waals surface area contributed by atoms with E-state index in [0.29, 0.717) is 6.04 Å². The monoisotopic (exact) mass is 307 g/mol. The zero-order chi connectivity index (χ0) is 15.5. The van der Waals surface area contributed by atoms with E-state index < -0.39 is 0 Å². The van der Waals surface area contributed by atoms with Gasteiger partial charge in [-0.3, -0.25) is 4.90 Å². The van der Waals surface area contributed by atoms with Crippen molar-refractivity contribution in [3.63, 3.8) is 0 Å². The van der Waals surface area contributed by atoms with Crippen LogP contribution in [-0.2, 0) is 18.3 Å². The van der Waals surface area contributed by atoms with Gasteiger partial charge in [0, 0.05) is 39.4 Å². The van der Waals surface area contributed by atoms with E-state index in [0.717, 1.165) is 37.3 Å². The van der Waals surface area contributed by atoms with E-state index in [1.165, 1.54) is 38.9 Å². The zero-order valence-electron chi connectivity index (χ0n) is 14.2. The molecule has 0 radical (unpaired) electrons. The molecule has 3 heterocycles. The summed E-state index contributed by atoms with van der Waals surface area (Å²) in [5, 5.41) is 8.44. The second kappa shape index (κ2) is 7.06. The summed E-state index contributed by atoms with van der Waals surface area (Å²) in [6.07, 6.45) is 3.72. The molecular formula is C16H29N5O. The molecule has 0 saturated carbocycles. The fourth-order valence-electron chi connectivity index (χ4n) is 3.57. The highest BCUT2D eigenvalue weighted by molar-refractivity contribution is 4.94. The molecule has 0 aliphatic carbocycles. The van der Waals surface area contributed by atoms with Gasteiger partial charge in [0.15, 0.2) is 0 Å². The molecule has 0 unspecified atom stereocenters. The molecule has 1 aromatic rings. The number of hydrogen-bond donors (Lipinski definition) is 0. The second-order valence-corrected chi connectivity index (χ2v) is 6.90. The standard InChI is InChI=1S/C16H29N5O/c1-13-17-18-16(20(13)3)12-19(2)15-4-7-21(11-15)10-14-5-8-22-9-6-14/h14-15H,4-12H2,1-3H3/t15-/m1/s1. The molecule has 2 saturated heterocycles. The van der Waals surface area contributed by atoms with Gasteiger partial charge in [-0.15, -0.1) is 10.2 Å². The van der Waals surface area contributed by atoms with E-state index in [4.69, 9.17) is 4.74 Å². The Bertz CT molecular complexity index is 483. The van der Waals surface area contributed by atoms with Crippen molar-refractivity contribution in [3.8, 4) is 0 Å². The highest BCUT2D eigenvalue weighted by Gasteiger charge is 2.28. The van der Waals surface area contributed by atoms with E-state index >= 15 is 0 Å². The number of rotatable bonds is 5. The third kappa shape index (κ3) is 3.67. The minimum atomic E-state index is 0.636. The van der Waals surface area contributed by atoms with Gasteiger partial charge in [-0.2, -0.15) is 0 Å². The van der Waals surface area contributed by atoms with Gasteiger partial charge >= 0.3 is 0 Å². The predicted molar refractivity (Wildman–Crippen MR) is 85.6 cm³/mol. The van der Waals surface area contributed by atoms with Crippen molar-refractivity contribution in [2.45, 2.75) is 38.8 Å². The quantitative estimate of drug-likeness (QED) is 0.814. The minimum absolute atomic E-state index is 0.636. The Morgan fingerprint density at radius 3 is 2.68 bits per heavy atom.